The number of carbonyl (C=O) groups excluding carboxylic acids is 1. The van der Waals surface area contributed by atoms with Crippen LogP contribution in [-0.4, -0.2) is 33.0 Å². The lowest BCUT2D eigenvalue weighted by atomic mass is 10.1. The van der Waals surface area contributed by atoms with Crippen molar-refractivity contribution in [1.82, 2.24) is 25.2 Å². The first-order chi connectivity index (χ1) is 14.5. The van der Waals surface area contributed by atoms with Gasteiger partial charge in [-0.15, -0.1) is 0 Å². The van der Waals surface area contributed by atoms with Crippen molar-refractivity contribution in [3.63, 3.8) is 0 Å². The van der Waals surface area contributed by atoms with Gasteiger partial charge < -0.3 is 20.9 Å². The fraction of sp³-hybridized carbons (Fsp3) is 0.348. The molecule has 0 spiro atoms. The second-order valence-electron chi connectivity index (χ2n) is 7.73. The van der Waals surface area contributed by atoms with E-state index in [0.717, 1.165) is 18.5 Å². The molecule has 30 heavy (non-hydrogen) atoms. The van der Waals surface area contributed by atoms with E-state index in [0.29, 0.717) is 28.3 Å². The van der Waals surface area contributed by atoms with Crippen LogP contribution in [0.1, 0.15) is 60.9 Å². The number of anilines is 1. The highest BCUT2D eigenvalue weighted by atomic mass is 16.1. The summed E-state index contributed by atoms with van der Waals surface area (Å²) in [4.78, 5) is 22.1. The van der Waals surface area contributed by atoms with E-state index in [2.05, 4.69) is 43.9 Å². The molecular formula is C23H26N6O. The maximum absolute atomic E-state index is 13.5. The summed E-state index contributed by atoms with van der Waals surface area (Å²) in [5, 5.41) is 7.12. The molecule has 0 radical (unpaired) electrons. The number of nitrogens with one attached hydrogen (secondary N) is 2. The van der Waals surface area contributed by atoms with E-state index in [4.69, 9.17) is 5.73 Å². The maximum Gasteiger partial charge on any atom is 0.255 e. The molecule has 7 nitrogen and oxygen atoms in total. The van der Waals surface area contributed by atoms with Crippen molar-refractivity contribution in [3.8, 4) is 11.8 Å². The fourth-order valence-corrected chi connectivity index (χ4v) is 4.18. The van der Waals surface area contributed by atoms with Crippen LogP contribution in [0.5, 0.6) is 0 Å². The van der Waals surface area contributed by atoms with Crippen LogP contribution in [0.2, 0.25) is 0 Å². The Hall–Kier alpha value is -3.37. The van der Waals surface area contributed by atoms with Gasteiger partial charge in [-0.2, -0.15) is 0 Å². The highest BCUT2D eigenvalue weighted by Gasteiger charge is 2.31. The van der Waals surface area contributed by atoms with Crippen molar-refractivity contribution in [2.24, 2.45) is 0 Å². The van der Waals surface area contributed by atoms with Crippen molar-refractivity contribution < 1.29 is 4.79 Å². The second-order valence-corrected chi connectivity index (χ2v) is 7.73. The summed E-state index contributed by atoms with van der Waals surface area (Å²) in [5.41, 5.74) is 8.99. The number of rotatable bonds is 4. The van der Waals surface area contributed by atoms with Gasteiger partial charge >= 0.3 is 0 Å². The molecule has 1 amide bonds. The van der Waals surface area contributed by atoms with Crippen LogP contribution >= 0.6 is 0 Å². The van der Waals surface area contributed by atoms with Crippen molar-refractivity contribution in [2.75, 3.05) is 12.3 Å². The first-order valence-corrected chi connectivity index (χ1v) is 10.2. The topological polar surface area (TPSA) is 97.9 Å². The van der Waals surface area contributed by atoms with E-state index in [1.54, 1.807) is 6.92 Å². The van der Waals surface area contributed by atoms with Gasteiger partial charge in [0.25, 0.3) is 5.91 Å². The van der Waals surface area contributed by atoms with Crippen LogP contribution < -0.4 is 16.4 Å². The average Bonchev–Trinajstić information content (AvgIpc) is 3.30. The minimum absolute atomic E-state index is 0.140. The Morgan fingerprint density at radius 3 is 2.77 bits per heavy atom. The SMILES string of the molecule is CC#Cc1c(C(=O)NC(C)c2ccccc2)c2c(N)ncnc2n1[C@H]1CN[C@@H](C)C1. The molecule has 1 aliphatic heterocycles. The Morgan fingerprint density at radius 2 is 2.10 bits per heavy atom. The number of carbonyl (C=O) groups is 1. The maximum atomic E-state index is 13.5. The number of hydrogen-bond donors (Lipinski definition) is 3. The quantitative estimate of drug-likeness (QED) is 0.583. The molecule has 3 heterocycles. The molecule has 154 valence electrons. The van der Waals surface area contributed by atoms with E-state index < -0.39 is 0 Å². The summed E-state index contributed by atoms with van der Waals surface area (Å²) in [6.07, 6.45) is 2.37. The number of hydrogen-bond acceptors (Lipinski definition) is 5. The van der Waals surface area contributed by atoms with Gasteiger partial charge in [0, 0.05) is 12.6 Å². The zero-order valence-corrected chi connectivity index (χ0v) is 17.4. The highest BCUT2D eigenvalue weighted by molar-refractivity contribution is 6.11. The van der Waals surface area contributed by atoms with Crippen molar-refractivity contribution in [2.45, 2.75) is 45.3 Å². The molecule has 2 aromatic heterocycles. The molecule has 0 saturated carbocycles. The Kier molecular flexibility index (Phi) is 5.42. The minimum Gasteiger partial charge on any atom is -0.383 e. The third kappa shape index (κ3) is 3.51. The molecule has 0 bridgehead atoms. The lowest BCUT2D eigenvalue weighted by molar-refractivity contribution is 0.0941. The zero-order valence-electron chi connectivity index (χ0n) is 17.4. The number of benzene rings is 1. The molecule has 1 saturated heterocycles. The molecule has 1 aliphatic rings. The van der Waals surface area contributed by atoms with Crippen molar-refractivity contribution >= 4 is 22.8 Å². The lowest BCUT2D eigenvalue weighted by Gasteiger charge is -2.16. The molecule has 1 aromatic carbocycles. The summed E-state index contributed by atoms with van der Waals surface area (Å²) in [6, 6.07) is 10.2. The molecule has 4 rings (SSSR count). The monoisotopic (exact) mass is 402 g/mol. The predicted octanol–water partition coefficient (Wildman–Crippen LogP) is 2.80. The van der Waals surface area contributed by atoms with Crippen LogP contribution in [0, 0.1) is 11.8 Å². The van der Waals surface area contributed by atoms with E-state index in [9.17, 15) is 4.79 Å². The molecule has 3 aromatic rings. The smallest absolute Gasteiger partial charge is 0.255 e. The third-order valence-electron chi connectivity index (χ3n) is 5.62. The Balaban J connectivity index is 1.85. The first kappa shape index (κ1) is 19.9. The molecular weight excluding hydrogens is 376 g/mol. The van der Waals surface area contributed by atoms with Gasteiger partial charge in [0.05, 0.1) is 23.0 Å². The van der Waals surface area contributed by atoms with Crippen LogP contribution in [0.25, 0.3) is 11.0 Å². The van der Waals surface area contributed by atoms with Gasteiger partial charge in [-0.1, -0.05) is 36.3 Å². The van der Waals surface area contributed by atoms with Crippen LogP contribution in [0.15, 0.2) is 36.7 Å². The molecule has 3 atom stereocenters. The van der Waals surface area contributed by atoms with Gasteiger partial charge in [-0.3, -0.25) is 4.79 Å². The number of nitrogens with two attached hydrogens (primary N) is 1. The van der Waals surface area contributed by atoms with Crippen LogP contribution in [0.4, 0.5) is 5.82 Å². The van der Waals surface area contributed by atoms with Crippen molar-refractivity contribution in [3.05, 3.63) is 53.5 Å². The summed E-state index contributed by atoms with van der Waals surface area (Å²) in [7, 11) is 0. The Labute approximate surface area is 176 Å². The zero-order chi connectivity index (χ0) is 21.3. The van der Waals surface area contributed by atoms with Crippen LogP contribution in [0.3, 0.4) is 0 Å². The van der Waals surface area contributed by atoms with Gasteiger partial charge in [0.1, 0.15) is 23.5 Å². The summed E-state index contributed by atoms with van der Waals surface area (Å²) in [6.45, 7) is 6.66. The number of amides is 1. The lowest BCUT2D eigenvalue weighted by Crippen LogP contribution is -2.27. The van der Waals surface area contributed by atoms with E-state index in [1.807, 2.05) is 37.3 Å². The van der Waals surface area contributed by atoms with E-state index in [-0.39, 0.29) is 23.8 Å². The molecule has 1 unspecified atom stereocenters. The summed E-state index contributed by atoms with van der Waals surface area (Å²) >= 11 is 0. The first-order valence-electron chi connectivity index (χ1n) is 10.2. The normalized spacial score (nSPS) is 19.3. The highest BCUT2D eigenvalue weighted by Crippen LogP contribution is 2.34. The molecule has 4 N–H and O–H groups in total. The number of nitrogens with zero attached hydrogens (tertiary/aromatic N) is 3. The van der Waals surface area contributed by atoms with Gasteiger partial charge in [-0.05, 0) is 38.7 Å². The Morgan fingerprint density at radius 1 is 1.33 bits per heavy atom. The standard InChI is InChI=1S/C23H26N6O/c1-4-8-18-19(23(30)28-15(3)16-9-6-5-7-10-16)20-21(24)26-13-27-22(20)29(18)17-11-14(2)25-12-17/h5-7,9-10,13-15,17,25H,11-12H2,1-3H3,(H,28,30)(H2,24,26,27)/t14-,15?,17+/m0/s1. The number of fused-ring (bicyclic) bond motifs is 1. The Bertz CT molecular complexity index is 1140. The predicted molar refractivity (Wildman–Crippen MR) is 118 cm³/mol. The van der Waals surface area contributed by atoms with E-state index in [1.165, 1.54) is 6.33 Å². The van der Waals surface area contributed by atoms with Crippen molar-refractivity contribution in [1.29, 1.82) is 0 Å². The molecule has 0 aliphatic carbocycles. The van der Waals surface area contributed by atoms with Gasteiger partial charge in [-0.25, -0.2) is 9.97 Å². The third-order valence-corrected chi connectivity index (χ3v) is 5.62. The van der Waals surface area contributed by atoms with Gasteiger partial charge in [0.2, 0.25) is 0 Å². The average molecular weight is 403 g/mol. The largest absolute Gasteiger partial charge is 0.383 e. The van der Waals surface area contributed by atoms with E-state index >= 15 is 0 Å². The molecule has 1 fully saturated rings. The minimum atomic E-state index is -0.228. The second kappa shape index (κ2) is 8.17. The van der Waals surface area contributed by atoms with Gasteiger partial charge in [0.15, 0.2) is 0 Å². The summed E-state index contributed by atoms with van der Waals surface area (Å²) < 4.78 is 2.06. The summed E-state index contributed by atoms with van der Waals surface area (Å²) in [5.74, 6) is 6.17. The molecule has 7 heteroatoms. The number of nitrogen functional groups attached to an aromatic ring is 1. The van der Waals surface area contributed by atoms with Crippen LogP contribution in [-0.2, 0) is 0 Å². The fourth-order valence-electron chi connectivity index (χ4n) is 4.18. The number of aromatic nitrogens is 3.